The number of hydrogen-bond donors (Lipinski definition) is 3. The average molecular weight is 267 g/mol. The van der Waals surface area contributed by atoms with Crippen molar-refractivity contribution in [3.63, 3.8) is 0 Å². The molecule has 1 amide bonds. The molecule has 1 atom stereocenters. The molecular formula is C12H17N3O2S. The summed E-state index contributed by atoms with van der Waals surface area (Å²) in [7, 11) is 0. The van der Waals surface area contributed by atoms with Crippen LogP contribution in [0.5, 0.6) is 0 Å². The molecule has 0 fully saturated rings. The third-order valence-electron chi connectivity index (χ3n) is 2.53. The Morgan fingerprint density at radius 3 is 2.78 bits per heavy atom. The highest BCUT2D eigenvalue weighted by Crippen LogP contribution is 2.00. The van der Waals surface area contributed by atoms with Crippen LogP contribution in [0.3, 0.4) is 0 Å². The Hall–Kier alpha value is -1.69. The third-order valence-corrected chi connectivity index (χ3v) is 2.81. The fourth-order valence-electron chi connectivity index (χ4n) is 1.56. The van der Waals surface area contributed by atoms with Crippen molar-refractivity contribution < 1.29 is 4.79 Å². The molecule has 0 aliphatic carbocycles. The van der Waals surface area contributed by atoms with Crippen molar-refractivity contribution in [1.82, 2.24) is 10.3 Å². The fourth-order valence-corrected chi connectivity index (χ4v) is 1.74. The predicted molar refractivity (Wildman–Crippen MR) is 74.7 cm³/mol. The number of nitrogens with one attached hydrogen (secondary N) is 2. The average Bonchev–Trinajstić information content (AvgIpc) is 2.27. The third kappa shape index (κ3) is 3.66. The summed E-state index contributed by atoms with van der Waals surface area (Å²) in [5.41, 5.74) is 6.00. The number of nitrogens with two attached hydrogens (primary N) is 1. The van der Waals surface area contributed by atoms with Gasteiger partial charge in [0.15, 0.2) is 5.43 Å². The van der Waals surface area contributed by atoms with Gasteiger partial charge >= 0.3 is 0 Å². The standard InChI is InChI=1S/C12H17N3O2S/c1-3-4-9(11(13)18)15-12(17)8-6-14-7(2)5-10(8)16/h5-6,9H,3-4H2,1-2H3,(H2,13,18)(H,14,16)(H,15,17). The first-order valence-electron chi connectivity index (χ1n) is 5.75. The first kappa shape index (κ1) is 14.4. The molecule has 0 spiro atoms. The second kappa shape index (κ2) is 6.30. The van der Waals surface area contributed by atoms with Crippen molar-refractivity contribution in [1.29, 1.82) is 0 Å². The summed E-state index contributed by atoms with van der Waals surface area (Å²) >= 11 is 4.88. The van der Waals surface area contributed by atoms with Crippen LogP contribution in [0.4, 0.5) is 0 Å². The van der Waals surface area contributed by atoms with Crippen LogP contribution in [0.1, 0.15) is 35.8 Å². The van der Waals surface area contributed by atoms with Gasteiger partial charge in [0.25, 0.3) is 5.91 Å². The van der Waals surface area contributed by atoms with Gasteiger partial charge in [-0.15, -0.1) is 0 Å². The molecule has 6 heteroatoms. The minimum absolute atomic E-state index is 0.0675. The minimum Gasteiger partial charge on any atom is -0.392 e. The first-order valence-corrected chi connectivity index (χ1v) is 6.16. The smallest absolute Gasteiger partial charge is 0.257 e. The second-order valence-corrected chi connectivity index (χ2v) is 4.58. The van der Waals surface area contributed by atoms with Gasteiger partial charge in [-0.05, 0) is 13.3 Å². The SMILES string of the molecule is CCCC(NC(=O)c1c[nH]c(C)cc1=O)C(N)=S. The van der Waals surface area contributed by atoms with E-state index in [1.54, 1.807) is 6.92 Å². The number of aromatic amines is 1. The molecule has 0 aliphatic heterocycles. The maximum atomic E-state index is 11.9. The normalized spacial score (nSPS) is 11.9. The van der Waals surface area contributed by atoms with Crippen molar-refractivity contribution in [3.05, 3.63) is 33.7 Å². The van der Waals surface area contributed by atoms with Gasteiger partial charge in [-0.3, -0.25) is 9.59 Å². The molecule has 1 rings (SSSR count). The van der Waals surface area contributed by atoms with E-state index in [9.17, 15) is 9.59 Å². The van der Waals surface area contributed by atoms with E-state index in [0.717, 1.165) is 6.42 Å². The molecule has 1 unspecified atom stereocenters. The van der Waals surface area contributed by atoms with Gasteiger partial charge in [0.1, 0.15) is 5.56 Å². The largest absolute Gasteiger partial charge is 0.392 e. The zero-order valence-electron chi connectivity index (χ0n) is 10.4. The molecule has 0 saturated carbocycles. The molecule has 18 heavy (non-hydrogen) atoms. The Labute approximate surface area is 111 Å². The number of H-pyrrole nitrogens is 1. The number of aryl methyl sites for hydroxylation is 1. The fraction of sp³-hybridized carbons (Fsp3) is 0.417. The molecule has 0 radical (unpaired) electrons. The van der Waals surface area contributed by atoms with Crippen LogP contribution in [-0.2, 0) is 0 Å². The highest BCUT2D eigenvalue weighted by atomic mass is 32.1. The molecule has 98 valence electrons. The summed E-state index contributed by atoms with van der Waals surface area (Å²) in [6.45, 7) is 3.72. The Balaban J connectivity index is 2.87. The lowest BCUT2D eigenvalue weighted by molar-refractivity contribution is 0.0944. The van der Waals surface area contributed by atoms with E-state index >= 15 is 0 Å². The zero-order valence-corrected chi connectivity index (χ0v) is 11.3. The van der Waals surface area contributed by atoms with Crippen molar-refractivity contribution in [2.75, 3.05) is 0 Å². The van der Waals surface area contributed by atoms with Crippen molar-refractivity contribution in [2.45, 2.75) is 32.7 Å². The Morgan fingerprint density at radius 1 is 1.61 bits per heavy atom. The topological polar surface area (TPSA) is 88.0 Å². The van der Waals surface area contributed by atoms with Gasteiger partial charge in [-0.2, -0.15) is 0 Å². The van der Waals surface area contributed by atoms with Gasteiger partial charge in [0.2, 0.25) is 0 Å². The molecule has 5 nitrogen and oxygen atoms in total. The van der Waals surface area contributed by atoms with Crippen LogP contribution >= 0.6 is 12.2 Å². The summed E-state index contributed by atoms with van der Waals surface area (Å²) < 4.78 is 0. The Kier molecular flexibility index (Phi) is 5.03. The maximum absolute atomic E-state index is 11.9. The predicted octanol–water partition coefficient (Wildman–Crippen LogP) is 0.868. The number of rotatable bonds is 5. The number of thiocarbonyl (C=S) groups is 1. The Bertz CT molecular complexity index is 510. The Morgan fingerprint density at radius 2 is 2.28 bits per heavy atom. The molecule has 0 aromatic carbocycles. The molecular weight excluding hydrogens is 250 g/mol. The van der Waals surface area contributed by atoms with Gasteiger partial charge < -0.3 is 16.0 Å². The maximum Gasteiger partial charge on any atom is 0.257 e. The monoisotopic (exact) mass is 267 g/mol. The molecule has 4 N–H and O–H groups in total. The summed E-state index contributed by atoms with van der Waals surface area (Å²) in [5.74, 6) is -0.456. The van der Waals surface area contributed by atoms with Crippen LogP contribution in [0.15, 0.2) is 17.1 Å². The lowest BCUT2D eigenvalue weighted by atomic mass is 10.1. The second-order valence-electron chi connectivity index (χ2n) is 4.11. The van der Waals surface area contributed by atoms with E-state index in [4.69, 9.17) is 18.0 Å². The van der Waals surface area contributed by atoms with Crippen LogP contribution in [-0.4, -0.2) is 21.9 Å². The minimum atomic E-state index is -0.456. The lowest BCUT2D eigenvalue weighted by Gasteiger charge is -2.16. The molecule has 0 saturated heterocycles. The van der Waals surface area contributed by atoms with E-state index in [1.807, 2.05) is 6.92 Å². The first-order chi connectivity index (χ1) is 8.45. The van der Waals surface area contributed by atoms with E-state index in [2.05, 4.69) is 10.3 Å². The van der Waals surface area contributed by atoms with Gasteiger partial charge in [0.05, 0.1) is 11.0 Å². The van der Waals surface area contributed by atoms with Crippen LogP contribution in [0.25, 0.3) is 0 Å². The summed E-state index contributed by atoms with van der Waals surface area (Å²) in [4.78, 5) is 26.6. The summed E-state index contributed by atoms with van der Waals surface area (Å²) in [6.07, 6.45) is 2.90. The number of aromatic nitrogens is 1. The van der Waals surface area contributed by atoms with Crippen LogP contribution in [0.2, 0.25) is 0 Å². The van der Waals surface area contributed by atoms with Crippen LogP contribution < -0.4 is 16.5 Å². The van der Waals surface area contributed by atoms with Gasteiger partial charge in [0, 0.05) is 18.0 Å². The summed E-state index contributed by atoms with van der Waals surface area (Å²) in [5, 5.41) is 2.67. The summed E-state index contributed by atoms with van der Waals surface area (Å²) in [6, 6.07) is 1.00. The van der Waals surface area contributed by atoms with E-state index in [1.165, 1.54) is 12.3 Å². The van der Waals surface area contributed by atoms with Crippen molar-refractivity contribution in [3.8, 4) is 0 Å². The number of pyridine rings is 1. The van der Waals surface area contributed by atoms with Crippen molar-refractivity contribution in [2.24, 2.45) is 5.73 Å². The lowest BCUT2D eigenvalue weighted by Crippen LogP contribution is -2.44. The number of amides is 1. The molecule has 1 heterocycles. The van der Waals surface area contributed by atoms with Crippen LogP contribution in [0, 0.1) is 6.92 Å². The van der Waals surface area contributed by atoms with E-state index in [0.29, 0.717) is 12.1 Å². The van der Waals surface area contributed by atoms with E-state index < -0.39 is 5.91 Å². The molecule has 0 aliphatic rings. The van der Waals surface area contributed by atoms with E-state index in [-0.39, 0.29) is 22.0 Å². The van der Waals surface area contributed by atoms with Gasteiger partial charge in [-0.1, -0.05) is 25.6 Å². The number of carbonyl (C=O) groups excluding carboxylic acids is 1. The highest BCUT2D eigenvalue weighted by molar-refractivity contribution is 7.80. The molecule has 0 bridgehead atoms. The van der Waals surface area contributed by atoms with Gasteiger partial charge in [-0.25, -0.2) is 0 Å². The molecule has 1 aromatic rings. The molecule has 1 aromatic heterocycles. The quantitative estimate of drug-likeness (QED) is 0.691. The zero-order chi connectivity index (χ0) is 13.7. The highest BCUT2D eigenvalue weighted by Gasteiger charge is 2.17. The van der Waals surface area contributed by atoms with Crippen molar-refractivity contribution >= 4 is 23.1 Å². The number of hydrogen-bond acceptors (Lipinski definition) is 3. The number of carbonyl (C=O) groups is 1.